The molecule has 0 aliphatic carbocycles. The predicted molar refractivity (Wildman–Crippen MR) is 117 cm³/mol. The van der Waals surface area contributed by atoms with Crippen LogP contribution in [0.2, 0.25) is 0 Å². The van der Waals surface area contributed by atoms with Crippen molar-refractivity contribution in [3.63, 3.8) is 0 Å². The summed E-state index contributed by atoms with van der Waals surface area (Å²) >= 11 is 0. The van der Waals surface area contributed by atoms with Gasteiger partial charge < -0.3 is 4.90 Å². The molecule has 0 radical (unpaired) electrons. The van der Waals surface area contributed by atoms with Gasteiger partial charge in [-0.15, -0.1) is 0 Å². The molecule has 0 atom stereocenters. The highest BCUT2D eigenvalue weighted by Gasteiger charge is 2.38. The second-order valence-electron chi connectivity index (χ2n) is 7.33. The lowest BCUT2D eigenvalue weighted by atomic mass is 10.0. The van der Waals surface area contributed by atoms with E-state index in [4.69, 9.17) is 0 Å². The van der Waals surface area contributed by atoms with Crippen LogP contribution >= 0.6 is 0 Å². The number of anilines is 2. The van der Waals surface area contributed by atoms with Gasteiger partial charge in [0.05, 0.1) is 16.8 Å². The molecule has 0 saturated carbocycles. The van der Waals surface area contributed by atoms with E-state index in [2.05, 4.69) is 0 Å². The standard InChI is InChI=1S/C25H22N2O3/c1-4-26(21-11-7-5-9-16(21)2)23(28)18-13-14-19-20(15-18)25(30)27(24(19)29)22-12-8-6-10-17(22)3/h5-15H,4H2,1-3H3. The fourth-order valence-electron chi connectivity index (χ4n) is 3.85. The monoisotopic (exact) mass is 398 g/mol. The summed E-state index contributed by atoms with van der Waals surface area (Å²) in [4.78, 5) is 42.1. The number of amides is 3. The number of para-hydroxylation sites is 2. The van der Waals surface area contributed by atoms with Crippen LogP contribution in [0.1, 0.15) is 49.1 Å². The van der Waals surface area contributed by atoms with Crippen LogP contribution in [0.25, 0.3) is 0 Å². The lowest BCUT2D eigenvalue weighted by molar-refractivity contribution is 0.0925. The van der Waals surface area contributed by atoms with Gasteiger partial charge in [0.25, 0.3) is 17.7 Å². The Labute approximate surface area is 175 Å². The zero-order valence-corrected chi connectivity index (χ0v) is 17.2. The van der Waals surface area contributed by atoms with Gasteiger partial charge in [0.15, 0.2) is 0 Å². The van der Waals surface area contributed by atoms with Crippen molar-refractivity contribution in [1.82, 2.24) is 0 Å². The summed E-state index contributed by atoms with van der Waals surface area (Å²) in [6.07, 6.45) is 0. The van der Waals surface area contributed by atoms with Crippen molar-refractivity contribution in [2.24, 2.45) is 0 Å². The second-order valence-corrected chi connectivity index (χ2v) is 7.33. The van der Waals surface area contributed by atoms with E-state index >= 15 is 0 Å². The van der Waals surface area contributed by atoms with E-state index < -0.39 is 5.91 Å². The molecule has 0 fully saturated rings. The summed E-state index contributed by atoms with van der Waals surface area (Å²) in [5.41, 5.74) is 4.17. The van der Waals surface area contributed by atoms with Crippen molar-refractivity contribution in [1.29, 1.82) is 0 Å². The first kappa shape index (κ1) is 19.6. The number of hydrogen-bond donors (Lipinski definition) is 0. The molecule has 5 nitrogen and oxygen atoms in total. The quantitative estimate of drug-likeness (QED) is 0.595. The van der Waals surface area contributed by atoms with Gasteiger partial charge in [-0.3, -0.25) is 14.4 Å². The van der Waals surface area contributed by atoms with Gasteiger partial charge in [0.2, 0.25) is 0 Å². The molecule has 30 heavy (non-hydrogen) atoms. The normalized spacial score (nSPS) is 12.8. The van der Waals surface area contributed by atoms with Gasteiger partial charge in [-0.1, -0.05) is 36.4 Å². The van der Waals surface area contributed by atoms with Crippen LogP contribution in [0.15, 0.2) is 66.7 Å². The third kappa shape index (κ3) is 3.08. The van der Waals surface area contributed by atoms with Crippen LogP contribution in [0, 0.1) is 13.8 Å². The molecule has 0 bridgehead atoms. The molecule has 0 unspecified atom stereocenters. The summed E-state index contributed by atoms with van der Waals surface area (Å²) < 4.78 is 0. The number of carbonyl (C=O) groups excluding carboxylic acids is 3. The first-order chi connectivity index (χ1) is 14.4. The maximum absolute atomic E-state index is 13.2. The van der Waals surface area contributed by atoms with Gasteiger partial charge in [-0.05, 0) is 62.2 Å². The average Bonchev–Trinajstić information content (AvgIpc) is 3.00. The molecule has 1 aliphatic rings. The molecule has 1 heterocycles. The molecular formula is C25H22N2O3. The number of aryl methyl sites for hydroxylation is 2. The van der Waals surface area contributed by atoms with Gasteiger partial charge in [0.1, 0.15) is 0 Å². The SMILES string of the molecule is CCN(C(=O)c1ccc2c(c1)C(=O)N(c1ccccc1C)C2=O)c1ccccc1C. The Morgan fingerprint density at radius 1 is 0.833 bits per heavy atom. The topological polar surface area (TPSA) is 57.7 Å². The highest BCUT2D eigenvalue weighted by molar-refractivity contribution is 6.35. The minimum absolute atomic E-state index is 0.204. The summed E-state index contributed by atoms with van der Waals surface area (Å²) in [6.45, 7) is 6.21. The fourth-order valence-corrected chi connectivity index (χ4v) is 3.85. The first-order valence-corrected chi connectivity index (χ1v) is 9.90. The smallest absolute Gasteiger partial charge is 0.266 e. The molecule has 3 amide bonds. The molecule has 0 spiro atoms. The summed E-state index contributed by atoms with van der Waals surface area (Å²) in [6, 6.07) is 19.7. The van der Waals surface area contributed by atoms with E-state index in [1.807, 2.05) is 57.2 Å². The zero-order chi connectivity index (χ0) is 21.4. The Morgan fingerprint density at radius 2 is 1.47 bits per heavy atom. The highest BCUT2D eigenvalue weighted by atomic mass is 16.2. The molecule has 0 saturated heterocycles. The van der Waals surface area contributed by atoms with Crippen molar-refractivity contribution in [3.8, 4) is 0 Å². The third-order valence-electron chi connectivity index (χ3n) is 5.46. The molecule has 1 aliphatic heterocycles. The fraction of sp³-hybridized carbons (Fsp3) is 0.160. The Hall–Kier alpha value is -3.73. The van der Waals surface area contributed by atoms with Gasteiger partial charge >= 0.3 is 0 Å². The molecule has 5 heteroatoms. The van der Waals surface area contributed by atoms with E-state index in [9.17, 15) is 14.4 Å². The lowest BCUT2D eigenvalue weighted by Gasteiger charge is -2.23. The predicted octanol–water partition coefficient (Wildman–Crippen LogP) is 4.77. The molecule has 3 aromatic rings. The molecule has 3 aromatic carbocycles. The Balaban J connectivity index is 1.72. The number of fused-ring (bicyclic) bond motifs is 1. The number of nitrogens with zero attached hydrogens (tertiary/aromatic N) is 2. The van der Waals surface area contributed by atoms with E-state index in [1.165, 1.54) is 11.0 Å². The Morgan fingerprint density at radius 3 is 2.13 bits per heavy atom. The minimum atomic E-state index is -0.405. The van der Waals surface area contributed by atoms with Crippen LogP contribution in [-0.4, -0.2) is 24.3 Å². The number of hydrogen-bond acceptors (Lipinski definition) is 3. The third-order valence-corrected chi connectivity index (χ3v) is 5.46. The number of imide groups is 1. The van der Waals surface area contributed by atoms with Crippen LogP contribution in [0.3, 0.4) is 0 Å². The first-order valence-electron chi connectivity index (χ1n) is 9.90. The highest BCUT2D eigenvalue weighted by Crippen LogP contribution is 2.31. The zero-order valence-electron chi connectivity index (χ0n) is 17.2. The largest absolute Gasteiger partial charge is 0.308 e. The van der Waals surface area contributed by atoms with Crippen molar-refractivity contribution in [2.75, 3.05) is 16.3 Å². The van der Waals surface area contributed by atoms with Crippen LogP contribution < -0.4 is 9.80 Å². The summed E-state index contributed by atoms with van der Waals surface area (Å²) in [5, 5.41) is 0. The second kappa shape index (κ2) is 7.59. The van der Waals surface area contributed by atoms with Crippen LogP contribution in [0.4, 0.5) is 11.4 Å². The van der Waals surface area contributed by atoms with Crippen LogP contribution in [-0.2, 0) is 0 Å². The summed E-state index contributed by atoms with van der Waals surface area (Å²) in [5.74, 6) is -0.975. The van der Waals surface area contributed by atoms with Crippen LogP contribution in [0.5, 0.6) is 0 Å². The summed E-state index contributed by atoms with van der Waals surface area (Å²) in [7, 11) is 0. The van der Waals surface area contributed by atoms with Crippen molar-refractivity contribution >= 4 is 29.1 Å². The van der Waals surface area contributed by atoms with Crippen molar-refractivity contribution in [2.45, 2.75) is 20.8 Å². The van der Waals surface area contributed by atoms with Crippen molar-refractivity contribution < 1.29 is 14.4 Å². The van der Waals surface area contributed by atoms with E-state index in [0.29, 0.717) is 23.4 Å². The van der Waals surface area contributed by atoms with E-state index in [0.717, 1.165) is 16.8 Å². The molecule has 0 aromatic heterocycles. The van der Waals surface area contributed by atoms with E-state index in [-0.39, 0.29) is 17.4 Å². The van der Waals surface area contributed by atoms with Gasteiger partial charge in [-0.2, -0.15) is 0 Å². The minimum Gasteiger partial charge on any atom is -0.308 e. The van der Waals surface area contributed by atoms with Crippen molar-refractivity contribution in [3.05, 3.63) is 94.5 Å². The molecule has 150 valence electrons. The molecular weight excluding hydrogens is 376 g/mol. The number of carbonyl (C=O) groups is 3. The van der Waals surface area contributed by atoms with Gasteiger partial charge in [0, 0.05) is 17.8 Å². The maximum atomic E-state index is 13.2. The number of benzene rings is 3. The maximum Gasteiger partial charge on any atom is 0.266 e. The molecule has 0 N–H and O–H groups in total. The Bertz CT molecular complexity index is 1180. The molecule has 4 rings (SSSR count). The number of rotatable bonds is 4. The Kier molecular flexibility index (Phi) is 4.96. The lowest BCUT2D eigenvalue weighted by Crippen LogP contribution is -2.31. The average molecular weight is 398 g/mol. The van der Waals surface area contributed by atoms with E-state index in [1.54, 1.807) is 29.2 Å². The van der Waals surface area contributed by atoms with Gasteiger partial charge in [-0.25, -0.2) is 4.90 Å².